The maximum absolute atomic E-state index is 11.6. The molecule has 0 N–H and O–H groups in total. The topological polar surface area (TPSA) is 29.5 Å². The first-order valence-corrected chi connectivity index (χ1v) is 5.42. The van der Waals surface area contributed by atoms with Crippen molar-refractivity contribution in [2.75, 3.05) is 13.7 Å². The van der Waals surface area contributed by atoms with Crippen LogP contribution in [0, 0.1) is 5.92 Å². The highest BCUT2D eigenvalue weighted by atomic mass is 16.5. The van der Waals surface area contributed by atoms with Crippen molar-refractivity contribution in [3.63, 3.8) is 0 Å². The fourth-order valence-corrected chi connectivity index (χ4v) is 2.70. The number of likely N-dealkylation sites (tertiary alicyclic amines) is 1. The minimum absolute atomic E-state index is 0.00569. The quantitative estimate of drug-likeness (QED) is 0.627. The highest BCUT2D eigenvalue weighted by Crippen LogP contribution is 2.42. The molecule has 14 heavy (non-hydrogen) atoms. The standard InChI is InChI=1S/C11H19NO2/c1-11(2)9(10(13)14-3)6-7-12(11)8-4-5-8/h8-9H,4-7H2,1-3H3. The summed E-state index contributed by atoms with van der Waals surface area (Å²) in [4.78, 5) is 14.1. The van der Waals surface area contributed by atoms with Gasteiger partial charge in [0, 0.05) is 11.6 Å². The molecule has 0 aromatic heterocycles. The minimum Gasteiger partial charge on any atom is -0.469 e. The van der Waals surface area contributed by atoms with Crippen LogP contribution in [0.4, 0.5) is 0 Å². The van der Waals surface area contributed by atoms with Gasteiger partial charge >= 0.3 is 5.97 Å². The van der Waals surface area contributed by atoms with Crippen LogP contribution in [0.15, 0.2) is 0 Å². The maximum Gasteiger partial charge on any atom is 0.310 e. The lowest BCUT2D eigenvalue weighted by molar-refractivity contribution is -0.148. The zero-order valence-electron chi connectivity index (χ0n) is 9.25. The van der Waals surface area contributed by atoms with Crippen molar-refractivity contribution in [1.29, 1.82) is 0 Å². The van der Waals surface area contributed by atoms with Gasteiger partial charge in [-0.1, -0.05) is 0 Å². The molecule has 1 unspecified atom stereocenters. The third kappa shape index (κ3) is 1.44. The fraction of sp³-hybridized carbons (Fsp3) is 0.909. The van der Waals surface area contributed by atoms with Gasteiger partial charge in [-0.05, 0) is 39.7 Å². The van der Waals surface area contributed by atoms with E-state index in [-0.39, 0.29) is 17.4 Å². The van der Waals surface area contributed by atoms with E-state index in [1.54, 1.807) is 0 Å². The molecule has 0 aromatic carbocycles. The van der Waals surface area contributed by atoms with Gasteiger partial charge in [0.2, 0.25) is 0 Å². The summed E-state index contributed by atoms with van der Waals surface area (Å²) in [6, 6.07) is 0.736. The number of hydrogen-bond acceptors (Lipinski definition) is 3. The van der Waals surface area contributed by atoms with Crippen molar-refractivity contribution in [1.82, 2.24) is 4.90 Å². The largest absolute Gasteiger partial charge is 0.469 e. The van der Waals surface area contributed by atoms with Crippen molar-refractivity contribution in [3.8, 4) is 0 Å². The lowest BCUT2D eigenvalue weighted by Crippen LogP contribution is -2.46. The minimum atomic E-state index is -0.0434. The molecule has 2 rings (SSSR count). The normalized spacial score (nSPS) is 31.8. The van der Waals surface area contributed by atoms with E-state index in [0.29, 0.717) is 0 Å². The van der Waals surface area contributed by atoms with Crippen molar-refractivity contribution < 1.29 is 9.53 Å². The van der Waals surface area contributed by atoms with Crippen molar-refractivity contribution >= 4 is 5.97 Å². The molecule has 3 heteroatoms. The number of nitrogens with zero attached hydrogens (tertiary/aromatic N) is 1. The SMILES string of the molecule is COC(=O)C1CCN(C2CC2)C1(C)C. The van der Waals surface area contributed by atoms with Crippen LogP contribution in [0.2, 0.25) is 0 Å². The number of esters is 1. The summed E-state index contributed by atoms with van der Waals surface area (Å²) < 4.78 is 4.85. The molecule has 1 aliphatic carbocycles. The van der Waals surface area contributed by atoms with E-state index in [9.17, 15) is 4.79 Å². The Kier molecular flexibility index (Phi) is 2.30. The number of rotatable bonds is 2. The Morgan fingerprint density at radius 2 is 2.00 bits per heavy atom. The second kappa shape index (κ2) is 3.23. The van der Waals surface area contributed by atoms with E-state index in [0.717, 1.165) is 19.0 Å². The van der Waals surface area contributed by atoms with Crippen LogP contribution in [0.3, 0.4) is 0 Å². The molecule has 1 heterocycles. The molecule has 3 nitrogen and oxygen atoms in total. The molecule has 0 aromatic rings. The molecule has 1 aliphatic heterocycles. The van der Waals surface area contributed by atoms with Crippen LogP contribution in [-0.2, 0) is 9.53 Å². The summed E-state index contributed by atoms with van der Waals surface area (Å²) >= 11 is 0. The lowest BCUT2D eigenvalue weighted by Gasteiger charge is -2.34. The summed E-state index contributed by atoms with van der Waals surface area (Å²) in [6.45, 7) is 5.39. The molecule has 2 fully saturated rings. The van der Waals surface area contributed by atoms with Crippen LogP contribution in [0.25, 0.3) is 0 Å². The van der Waals surface area contributed by atoms with Gasteiger partial charge in [-0.3, -0.25) is 9.69 Å². The van der Waals surface area contributed by atoms with Crippen LogP contribution in [0.5, 0.6) is 0 Å². The Morgan fingerprint density at radius 1 is 1.36 bits per heavy atom. The molecule has 0 spiro atoms. The Balaban J connectivity index is 2.11. The summed E-state index contributed by atoms with van der Waals surface area (Å²) in [7, 11) is 1.48. The number of ether oxygens (including phenoxy) is 1. The van der Waals surface area contributed by atoms with Gasteiger partial charge in [-0.25, -0.2) is 0 Å². The molecule has 1 atom stereocenters. The number of carbonyl (C=O) groups is 1. The van der Waals surface area contributed by atoms with Gasteiger partial charge in [-0.15, -0.1) is 0 Å². The zero-order chi connectivity index (χ0) is 10.3. The van der Waals surface area contributed by atoms with Gasteiger partial charge in [0.05, 0.1) is 13.0 Å². The van der Waals surface area contributed by atoms with Crippen LogP contribution in [-0.4, -0.2) is 36.1 Å². The first-order valence-electron chi connectivity index (χ1n) is 5.42. The van der Waals surface area contributed by atoms with Crippen LogP contribution < -0.4 is 0 Å². The first kappa shape index (κ1) is 9.97. The summed E-state index contributed by atoms with van der Waals surface area (Å²) in [6.07, 6.45) is 3.56. The fourth-order valence-electron chi connectivity index (χ4n) is 2.70. The average molecular weight is 197 g/mol. The number of carbonyl (C=O) groups excluding carboxylic acids is 1. The second-order valence-electron chi connectivity index (χ2n) is 4.94. The molecule has 0 radical (unpaired) electrons. The molecule has 80 valence electrons. The number of methoxy groups -OCH3 is 1. The third-order valence-corrected chi connectivity index (χ3v) is 3.73. The highest BCUT2D eigenvalue weighted by molar-refractivity contribution is 5.74. The van der Waals surface area contributed by atoms with E-state index >= 15 is 0 Å². The molecule has 1 saturated heterocycles. The van der Waals surface area contributed by atoms with E-state index in [1.807, 2.05) is 0 Å². The molecule has 0 bridgehead atoms. The van der Waals surface area contributed by atoms with Gasteiger partial charge in [0.15, 0.2) is 0 Å². The molecule has 0 amide bonds. The summed E-state index contributed by atoms with van der Waals surface area (Å²) in [5, 5.41) is 0. The van der Waals surface area contributed by atoms with E-state index in [4.69, 9.17) is 4.74 Å². The molecule has 1 saturated carbocycles. The van der Waals surface area contributed by atoms with Crippen molar-refractivity contribution in [2.24, 2.45) is 5.92 Å². The Bertz CT molecular complexity index is 246. The van der Waals surface area contributed by atoms with Gasteiger partial charge < -0.3 is 4.74 Å². The van der Waals surface area contributed by atoms with E-state index in [1.165, 1.54) is 20.0 Å². The van der Waals surface area contributed by atoms with Crippen molar-refractivity contribution in [2.45, 2.75) is 44.7 Å². The number of hydrogen-bond donors (Lipinski definition) is 0. The Hall–Kier alpha value is -0.570. The predicted molar refractivity (Wildman–Crippen MR) is 53.9 cm³/mol. The van der Waals surface area contributed by atoms with Gasteiger partial charge in [0.1, 0.15) is 0 Å². The summed E-state index contributed by atoms with van der Waals surface area (Å²) in [5.74, 6) is 0.0197. The van der Waals surface area contributed by atoms with E-state index in [2.05, 4.69) is 18.7 Å². The van der Waals surface area contributed by atoms with Gasteiger partial charge in [-0.2, -0.15) is 0 Å². The molecular formula is C11H19NO2. The first-order chi connectivity index (χ1) is 6.57. The Morgan fingerprint density at radius 3 is 2.50 bits per heavy atom. The van der Waals surface area contributed by atoms with E-state index < -0.39 is 0 Å². The summed E-state index contributed by atoms with van der Waals surface area (Å²) in [5.41, 5.74) is -0.00569. The lowest BCUT2D eigenvalue weighted by atomic mass is 9.88. The van der Waals surface area contributed by atoms with Crippen LogP contribution in [0.1, 0.15) is 33.1 Å². The van der Waals surface area contributed by atoms with Crippen molar-refractivity contribution in [3.05, 3.63) is 0 Å². The Labute approximate surface area is 85.4 Å². The predicted octanol–water partition coefficient (Wildman–Crippen LogP) is 1.42. The molecule has 2 aliphatic rings. The molecular weight excluding hydrogens is 178 g/mol. The average Bonchev–Trinajstić information content (AvgIpc) is 2.90. The zero-order valence-corrected chi connectivity index (χ0v) is 9.25. The van der Waals surface area contributed by atoms with Gasteiger partial charge in [0.25, 0.3) is 0 Å². The monoisotopic (exact) mass is 197 g/mol. The maximum atomic E-state index is 11.6. The highest BCUT2D eigenvalue weighted by Gasteiger charge is 2.50. The van der Waals surface area contributed by atoms with Crippen LogP contribution >= 0.6 is 0 Å². The smallest absolute Gasteiger partial charge is 0.310 e. The second-order valence-corrected chi connectivity index (χ2v) is 4.94. The third-order valence-electron chi connectivity index (χ3n) is 3.73.